The summed E-state index contributed by atoms with van der Waals surface area (Å²) in [4.78, 5) is 12.5. The minimum atomic E-state index is -3.65. The van der Waals surface area contributed by atoms with Crippen LogP contribution >= 0.6 is 0 Å². The van der Waals surface area contributed by atoms with Crippen molar-refractivity contribution < 1.29 is 17.9 Å². The minimum absolute atomic E-state index is 0.112. The Bertz CT molecular complexity index is 1090. The van der Waals surface area contributed by atoms with Gasteiger partial charge in [0, 0.05) is 43.5 Å². The molecule has 0 aliphatic heterocycles. The number of amides is 1. The van der Waals surface area contributed by atoms with Crippen molar-refractivity contribution in [1.29, 1.82) is 0 Å². The van der Waals surface area contributed by atoms with Crippen LogP contribution in [0.3, 0.4) is 0 Å². The van der Waals surface area contributed by atoms with Crippen LogP contribution in [0.25, 0.3) is 10.9 Å². The molecule has 1 unspecified atom stereocenters. The van der Waals surface area contributed by atoms with Crippen LogP contribution in [0.15, 0.2) is 65.7 Å². The molecule has 0 bridgehead atoms. The van der Waals surface area contributed by atoms with E-state index in [1.165, 1.54) is 42.3 Å². The van der Waals surface area contributed by atoms with E-state index >= 15 is 0 Å². The lowest BCUT2D eigenvalue weighted by Gasteiger charge is -2.13. The highest BCUT2D eigenvalue weighted by Crippen LogP contribution is 2.15. The van der Waals surface area contributed by atoms with Crippen molar-refractivity contribution in [2.75, 3.05) is 20.3 Å². The molecule has 2 N–H and O–H groups in total. The number of fused-ring (bicyclic) bond motifs is 1. The lowest BCUT2D eigenvalue weighted by molar-refractivity contribution is 0.0952. The summed E-state index contributed by atoms with van der Waals surface area (Å²) in [6.07, 6.45) is 2.84. The number of nitrogens with zero attached hydrogens (tertiary/aromatic N) is 1. The Labute approximate surface area is 177 Å². The van der Waals surface area contributed by atoms with Crippen LogP contribution in [0.5, 0.6) is 0 Å². The Morgan fingerprint density at radius 3 is 2.57 bits per heavy atom. The highest BCUT2D eigenvalue weighted by molar-refractivity contribution is 7.89. The number of hydrogen-bond donors (Lipinski definition) is 2. The first-order valence-electron chi connectivity index (χ1n) is 9.84. The number of sulfonamides is 1. The summed E-state index contributed by atoms with van der Waals surface area (Å²) in [5.74, 6) is -0.225. The molecule has 1 amide bonds. The Hall–Kier alpha value is -2.68. The van der Waals surface area contributed by atoms with Gasteiger partial charge in [-0.3, -0.25) is 4.79 Å². The zero-order valence-corrected chi connectivity index (χ0v) is 18.0. The predicted molar refractivity (Wildman–Crippen MR) is 117 cm³/mol. The second kappa shape index (κ2) is 9.88. The highest BCUT2D eigenvalue weighted by atomic mass is 32.2. The van der Waals surface area contributed by atoms with Gasteiger partial charge >= 0.3 is 0 Å². The molecule has 7 nitrogen and oxygen atoms in total. The topological polar surface area (TPSA) is 89.4 Å². The van der Waals surface area contributed by atoms with Gasteiger partial charge in [0.25, 0.3) is 5.91 Å². The highest BCUT2D eigenvalue weighted by Gasteiger charge is 2.17. The van der Waals surface area contributed by atoms with Gasteiger partial charge in [-0.2, -0.15) is 0 Å². The maximum absolute atomic E-state index is 12.3. The van der Waals surface area contributed by atoms with E-state index in [1.54, 1.807) is 6.92 Å². The van der Waals surface area contributed by atoms with E-state index in [9.17, 15) is 13.2 Å². The quantitative estimate of drug-likeness (QED) is 0.485. The number of methoxy groups -OCH3 is 1. The van der Waals surface area contributed by atoms with Crippen molar-refractivity contribution in [2.24, 2.45) is 0 Å². The van der Waals surface area contributed by atoms with Crippen molar-refractivity contribution in [1.82, 2.24) is 14.6 Å². The van der Waals surface area contributed by atoms with E-state index in [0.717, 1.165) is 13.0 Å². The summed E-state index contributed by atoms with van der Waals surface area (Å²) in [6.45, 7) is 3.33. The van der Waals surface area contributed by atoms with Crippen LogP contribution in [0.2, 0.25) is 0 Å². The molecule has 8 heteroatoms. The van der Waals surface area contributed by atoms with E-state index in [-0.39, 0.29) is 23.5 Å². The van der Waals surface area contributed by atoms with E-state index in [2.05, 4.69) is 32.8 Å². The van der Waals surface area contributed by atoms with E-state index in [1.807, 2.05) is 18.3 Å². The second-order valence-electron chi connectivity index (χ2n) is 7.18. The minimum Gasteiger partial charge on any atom is -0.383 e. The monoisotopic (exact) mass is 429 g/mol. The van der Waals surface area contributed by atoms with Crippen LogP contribution in [0.4, 0.5) is 0 Å². The van der Waals surface area contributed by atoms with Crippen LogP contribution in [0, 0.1) is 0 Å². The largest absolute Gasteiger partial charge is 0.383 e. The molecule has 1 aromatic heterocycles. The van der Waals surface area contributed by atoms with Crippen LogP contribution in [-0.4, -0.2) is 45.2 Å². The van der Waals surface area contributed by atoms with Gasteiger partial charge < -0.3 is 14.6 Å². The molecule has 0 spiro atoms. The van der Waals surface area contributed by atoms with Crippen LogP contribution in [-0.2, 0) is 21.3 Å². The van der Waals surface area contributed by atoms with Gasteiger partial charge in [0.05, 0.1) is 11.5 Å². The summed E-state index contributed by atoms with van der Waals surface area (Å²) in [5, 5.41) is 4.08. The maximum Gasteiger partial charge on any atom is 0.251 e. The normalized spacial score (nSPS) is 12.7. The lowest BCUT2D eigenvalue weighted by Crippen LogP contribution is -2.35. The third-order valence-electron chi connectivity index (χ3n) is 4.74. The summed E-state index contributed by atoms with van der Waals surface area (Å²) in [7, 11) is -2.14. The van der Waals surface area contributed by atoms with Gasteiger partial charge in [-0.1, -0.05) is 18.2 Å². The fourth-order valence-electron chi connectivity index (χ4n) is 3.29. The molecule has 0 aliphatic carbocycles. The van der Waals surface area contributed by atoms with Crippen molar-refractivity contribution in [2.45, 2.75) is 30.8 Å². The Kier molecular flexibility index (Phi) is 7.25. The number of hydrogen-bond acceptors (Lipinski definition) is 4. The number of rotatable bonds is 10. The van der Waals surface area contributed by atoms with Crippen molar-refractivity contribution in [3.8, 4) is 0 Å². The Balaban J connectivity index is 1.51. The third kappa shape index (κ3) is 5.47. The first-order chi connectivity index (χ1) is 14.4. The molecular weight excluding hydrogens is 402 g/mol. The number of benzene rings is 2. The first-order valence-corrected chi connectivity index (χ1v) is 11.3. The number of aryl methyl sites for hydroxylation is 1. The summed E-state index contributed by atoms with van der Waals surface area (Å²) >= 11 is 0. The molecule has 160 valence electrons. The van der Waals surface area contributed by atoms with Gasteiger partial charge in [-0.05, 0) is 55.1 Å². The number of ether oxygens (including phenoxy) is 1. The first kappa shape index (κ1) is 22.0. The molecule has 0 saturated heterocycles. The molecule has 30 heavy (non-hydrogen) atoms. The van der Waals surface area contributed by atoms with Crippen LogP contribution in [0.1, 0.15) is 23.7 Å². The summed E-state index contributed by atoms with van der Waals surface area (Å²) < 4.78 is 34.3. The SMILES string of the molecule is COCC(C)NS(=O)(=O)c1ccc(C(=O)NCCCn2ccc3ccccc32)cc1. The smallest absolute Gasteiger partial charge is 0.251 e. The van der Waals surface area contributed by atoms with Crippen LogP contribution < -0.4 is 10.0 Å². The standard InChI is InChI=1S/C22H27N3O4S/c1-17(16-29-2)24-30(27,28)20-10-8-19(9-11-20)22(26)23-13-5-14-25-15-12-18-6-3-4-7-21(18)25/h3-4,6-12,15,17,24H,5,13-14,16H2,1-2H3,(H,23,26). The zero-order chi connectivity index (χ0) is 21.6. The zero-order valence-electron chi connectivity index (χ0n) is 17.2. The molecule has 0 radical (unpaired) electrons. The average Bonchev–Trinajstić information content (AvgIpc) is 3.14. The number of aromatic nitrogens is 1. The number of para-hydroxylation sites is 1. The van der Waals surface area contributed by atoms with Gasteiger partial charge in [-0.15, -0.1) is 0 Å². The molecule has 0 fully saturated rings. The van der Waals surface area contributed by atoms with Crippen molar-refractivity contribution in [3.63, 3.8) is 0 Å². The number of carbonyl (C=O) groups is 1. The fraction of sp³-hybridized carbons (Fsp3) is 0.318. The van der Waals surface area contributed by atoms with Gasteiger partial charge in [0.15, 0.2) is 0 Å². The molecular formula is C22H27N3O4S. The lowest BCUT2D eigenvalue weighted by atomic mass is 10.2. The number of carbonyl (C=O) groups excluding carboxylic acids is 1. The van der Waals surface area contributed by atoms with Crippen molar-refractivity contribution in [3.05, 3.63) is 66.4 Å². The fourth-order valence-corrected chi connectivity index (χ4v) is 4.52. The van der Waals surface area contributed by atoms with E-state index in [0.29, 0.717) is 12.1 Å². The maximum atomic E-state index is 12.3. The van der Waals surface area contributed by atoms with Gasteiger partial charge in [0.2, 0.25) is 10.0 Å². The van der Waals surface area contributed by atoms with Gasteiger partial charge in [-0.25, -0.2) is 13.1 Å². The molecule has 3 rings (SSSR count). The third-order valence-corrected chi connectivity index (χ3v) is 6.35. The number of nitrogens with one attached hydrogen (secondary N) is 2. The second-order valence-corrected chi connectivity index (χ2v) is 8.89. The van der Waals surface area contributed by atoms with E-state index < -0.39 is 10.0 Å². The summed E-state index contributed by atoms with van der Waals surface area (Å²) in [5.41, 5.74) is 1.60. The van der Waals surface area contributed by atoms with E-state index in [4.69, 9.17) is 4.74 Å². The molecule has 3 aromatic rings. The van der Waals surface area contributed by atoms with Gasteiger partial charge in [0.1, 0.15) is 0 Å². The van der Waals surface area contributed by atoms with Crippen molar-refractivity contribution >= 4 is 26.8 Å². The Morgan fingerprint density at radius 2 is 1.83 bits per heavy atom. The molecule has 2 aromatic carbocycles. The molecule has 0 aliphatic rings. The summed E-state index contributed by atoms with van der Waals surface area (Å²) in [6, 6.07) is 15.8. The molecule has 1 atom stereocenters. The molecule has 1 heterocycles. The molecule has 0 saturated carbocycles. The Morgan fingerprint density at radius 1 is 1.10 bits per heavy atom. The average molecular weight is 430 g/mol. The predicted octanol–water partition coefficient (Wildman–Crippen LogP) is 2.77.